The maximum absolute atomic E-state index is 12.5. The molecule has 0 aliphatic heterocycles. The van der Waals surface area contributed by atoms with E-state index in [1.54, 1.807) is 0 Å². The van der Waals surface area contributed by atoms with E-state index in [-0.39, 0.29) is 18.7 Å². The van der Waals surface area contributed by atoms with Crippen LogP contribution in [0, 0.1) is 0 Å². The molecule has 0 aromatic carbocycles. The summed E-state index contributed by atoms with van der Waals surface area (Å²) in [5, 5.41) is 10.7. The minimum atomic E-state index is -1.13. The number of nitrogens with zero attached hydrogens (tertiary/aromatic N) is 1. The van der Waals surface area contributed by atoms with Gasteiger partial charge >= 0.3 is 0 Å². The molecule has 0 saturated heterocycles. The van der Waals surface area contributed by atoms with Gasteiger partial charge in [0.1, 0.15) is 0 Å². The van der Waals surface area contributed by atoms with Crippen LogP contribution >= 0.6 is 0 Å². The van der Waals surface area contributed by atoms with Crippen molar-refractivity contribution >= 4 is 11.9 Å². The highest BCUT2D eigenvalue weighted by Crippen LogP contribution is 2.13. The number of aliphatic carboxylic acids is 1. The minimum Gasteiger partial charge on any atom is -0.550 e. The summed E-state index contributed by atoms with van der Waals surface area (Å²) in [4.78, 5) is 25.1. The second-order valence-electron chi connectivity index (χ2n) is 9.62. The van der Waals surface area contributed by atoms with Crippen molar-refractivity contribution in [3.63, 3.8) is 0 Å². The molecule has 4 heteroatoms. The van der Waals surface area contributed by atoms with E-state index in [0.29, 0.717) is 0 Å². The molecule has 0 rings (SSSR count). The summed E-state index contributed by atoms with van der Waals surface area (Å²) in [5.74, 6) is -1.14. The fraction of sp³-hybridized carbons (Fsp3) is 0.929. The third-order valence-electron chi connectivity index (χ3n) is 6.46. The second-order valence-corrected chi connectivity index (χ2v) is 9.62. The molecule has 0 heterocycles. The number of hydrogen-bond acceptors (Lipinski definition) is 3. The normalized spacial score (nSPS) is 11.1. The van der Waals surface area contributed by atoms with Crippen LogP contribution in [0.5, 0.6) is 0 Å². The van der Waals surface area contributed by atoms with Gasteiger partial charge in [0, 0.05) is 25.5 Å². The molecule has 0 spiro atoms. The van der Waals surface area contributed by atoms with Crippen molar-refractivity contribution in [3.05, 3.63) is 0 Å². The smallest absolute Gasteiger partial charge is 0.222 e. The Morgan fingerprint density at radius 3 is 1.12 bits per heavy atom. The monoisotopic (exact) mass is 452 g/mol. The molecule has 0 aliphatic rings. The van der Waals surface area contributed by atoms with Gasteiger partial charge in [0.2, 0.25) is 5.91 Å². The van der Waals surface area contributed by atoms with Gasteiger partial charge in [-0.05, 0) is 19.3 Å². The third kappa shape index (κ3) is 22.1. The van der Waals surface area contributed by atoms with Crippen molar-refractivity contribution in [2.45, 2.75) is 155 Å². The predicted molar refractivity (Wildman–Crippen MR) is 135 cm³/mol. The van der Waals surface area contributed by atoms with E-state index in [0.717, 1.165) is 38.8 Å². The third-order valence-corrected chi connectivity index (χ3v) is 6.46. The fourth-order valence-electron chi connectivity index (χ4n) is 4.31. The Kier molecular flexibility index (Phi) is 23.8. The van der Waals surface area contributed by atoms with E-state index in [2.05, 4.69) is 13.8 Å². The number of carboxylic acid groups (broad SMARTS) is 1. The first-order chi connectivity index (χ1) is 15.6. The van der Waals surface area contributed by atoms with Gasteiger partial charge in [-0.3, -0.25) is 4.79 Å². The van der Waals surface area contributed by atoms with Crippen LogP contribution in [0.4, 0.5) is 0 Å². The lowest BCUT2D eigenvalue weighted by Crippen LogP contribution is -2.34. The SMILES string of the molecule is CCCCCCCCCCCCN(CCCCCCCCCCCC)C(=O)CCC(=O)[O-]. The molecule has 0 N–H and O–H groups in total. The van der Waals surface area contributed by atoms with Crippen LogP contribution in [0.2, 0.25) is 0 Å². The van der Waals surface area contributed by atoms with Gasteiger partial charge in [0.15, 0.2) is 0 Å². The average molecular weight is 453 g/mol. The van der Waals surface area contributed by atoms with E-state index in [1.165, 1.54) is 103 Å². The maximum atomic E-state index is 12.5. The largest absolute Gasteiger partial charge is 0.550 e. The van der Waals surface area contributed by atoms with Crippen molar-refractivity contribution in [2.75, 3.05) is 13.1 Å². The fourth-order valence-corrected chi connectivity index (χ4v) is 4.31. The molecule has 4 nitrogen and oxygen atoms in total. The summed E-state index contributed by atoms with van der Waals surface area (Å²) >= 11 is 0. The van der Waals surface area contributed by atoms with Crippen LogP contribution in [0.3, 0.4) is 0 Å². The van der Waals surface area contributed by atoms with Crippen LogP contribution in [0.25, 0.3) is 0 Å². The molecule has 0 saturated carbocycles. The maximum Gasteiger partial charge on any atom is 0.222 e. The van der Waals surface area contributed by atoms with Crippen molar-refractivity contribution in [2.24, 2.45) is 0 Å². The van der Waals surface area contributed by atoms with Crippen molar-refractivity contribution in [1.29, 1.82) is 0 Å². The predicted octanol–water partition coefficient (Wildman–Crippen LogP) is 7.19. The van der Waals surface area contributed by atoms with Crippen LogP contribution in [0.1, 0.15) is 155 Å². The van der Waals surface area contributed by atoms with Gasteiger partial charge in [-0.25, -0.2) is 0 Å². The Labute approximate surface area is 199 Å². The van der Waals surface area contributed by atoms with Gasteiger partial charge in [0.25, 0.3) is 0 Å². The first-order valence-electron chi connectivity index (χ1n) is 14.1. The van der Waals surface area contributed by atoms with Crippen LogP contribution in [0.15, 0.2) is 0 Å². The van der Waals surface area contributed by atoms with E-state index in [4.69, 9.17) is 0 Å². The van der Waals surface area contributed by atoms with E-state index < -0.39 is 5.97 Å². The zero-order valence-electron chi connectivity index (χ0n) is 21.6. The lowest BCUT2D eigenvalue weighted by Gasteiger charge is -2.23. The summed E-state index contributed by atoms with van der Waals surface area (Å²) in [5.41, 5.74) is 0. The van der Waals surface area contributed by atoms with Crippen LogP contribution in [-0.4, -0.2) is 29.9 Å². The standard InChI is InChI=1S/C28H55NO3/c1-3-5-7-9-11-13-15-17-19-21-25-29(27(30)23-24-28(31)32)26-22-20-18-16-14-12-10-8-6-4-2/h3-26H2,1-2H3,(H,31,32)/p-1. The number of carbonyl (C=O) groups excluding carboxylic acids is 2. The van der Waals surface area contributed by atoms with E-state index in [9.17, 15) is 14.7 Å². The summed E-state index contributed by atoms with van der Waals surface area (Å²) in [6.45, 7) is 6.06. The molecule has 0 bridgehead atoms. The topological polar surface area (TPSA) is 60.4 Å². The summed E-state index contributed by atoms with van der Waals surface area (Å²) in [6.07, 6.45) is 25.6. The molecule has 0 atom stereocenters. The number of hydrogen-bond donors (Lipinski definition) is 0. The van der Waals surface area contributed by atoms with Crippen molar-refractivity contribution in [3.8, 4) is 0 Å². The van der Waals surface area contributed by atoms with E-state index in [1.807, 2.05) is 4.90 Å². The molecule has 32 heavy (non-hydrogen) atoms. The highest BCUT2D eigenvalue weighted by Gasteiger charge is 2.12. The zero-order chi connectivity index (χ0) is 23.7. The number of rotatable bonds is 25. The van der Waals surface area contributed by atoms with Crippen molar-refractivity contribution < 1.29 is 14.7 Å². The van der Waals surface area contributed by atoms with Gasteiger partial charge in [0.05, 0.1) is 0 Å². The zero-order valence-corrected chi connectivity index (χ0v) is 21.6. The molecule has 1 amide bonds. The highest BCUT2D eigenvalue weighted by molar-refractivity contribution is 5.80. The number of carbonyl (C=O) groups is 2. The Bertz CT molecular complexity index is 401. The van der Waals surface area contributed by atoms with Gasteiger partial charge in [-0.2, -0.15) is 0 Å². The lowest BCUT2D eigenvalue weighted by atomic mass is 10.1. The Morgan fingerprint density at radius 1 is 0.500 bits per heavy atom. The molecule has 0 aromatic heterocycles. The Balaban J connectivity index is 3.91. The summed E-state index contributed by atoms with van der Waals surface area (Å²) < 4.78 is 0. The minimum absolute atomic E-state index is 0.0129. The first kappa shape index (κ1) is 30.9. The molecule has 0 aromatic rings. The molecule has 0 radical (unpaired) electrons. The number of carboxylic acids is 1. The highest BCUT2D eigenvalue weighted by atomic mass is 16.4. The van der Waals surface area contributed by atoms with Crippen LogP contribution < -0.4 is 5.11 Å². The molecule has 190 valence electrons. The van der Waals surface area contributed by atoms with Gasteiger partial charge in [-0.1, -0.05) is 129 Å². The van der Waals surface area contributed by atoms with Gasteiger partial charge in [-0.15, -0.1) is 0 Å². The first-order valence-corrected chi connectivity index (χ1v) is 14.1. The lowest BCUT2D eigenvalue weighted by molar-refractivity contribution is -0.305. The number of amides is 1. The summed E-state index contributed by atoms with van der Waals surface area (Å²) in [7, 11) is 0. The molecular weight excluding hydrogens is 398 g/mol. The molecule has 0 fully saturated rings. The van der Waals surface area contributed by atoms with Gasteiger partial charge < -0.3 is 14.8 Å². The molecule has 0 aliphatic carbocycles. The Morgan fingerprint density at radius 2 is 0.812 bits per heavy atom. The van der Waals surface area contributed by atoms with E-state index >= 15 is 0 Å². The average Bonchev–Trinajstić information content (AvgIpc) is 2.78. The Hall–Kier alpha value is -1.06. The number of unbranched alkanes of at least 4 members (excludes halogenated alkanes) is 18. The summed E-state index contributed by atoms with van der Waals surface area (Å²) in [6, 6.07) is 0. The molecule has 0 unspecified atom stereocenters. The van der Waals surface area contributed by atoms with Crippen molar-refractivity contribution in [1.82, 2.24) is 4.90 Å². The van der Waals surface area contributed by atoms with Crippen LogP contribution in [-0.2, 0) is 9.59 Å². The second kappa shape index (κ2) is 24.6. The molecular formula is C28H54NO3-. The quantitative estimate of drug-likeness (QED) is 0.138.